The predicted octanol–water partition coefficient (Wildman–Crippen LogP) is 3.36. The number of ether oxygens (including phenoxy) is 1. The van der Waals surface area contributed by atoms with E-state index in [-0.39, 0.29) is 29.0 Å². The zero-order valence-electron chi connectivity index (χ0n) is 12.5. The Kier molecular flexibility index (Phi) is 4.24. The Labute approximate surface area is 110 Å². The van der Waals surface area contributed by atoms with Crippen LogP contribution in [-0.4, -0.2) is 17.4 Å². The molecule has 0 aromatic rings. The van der Waals surface area contributed by atoms with E-state index in [4.69, 9.17) is 4.74 Å². The van der Waals surface area contributed by atoms with Crippen molar-refractivity contribution in [2.75, 3.05) is 0 Å². The lowest BCUT2D eigenvalue weighted by Gasteiger charge is -2.27. The van der Waals surface area contributed by atoms with E-state index >= 15 is 0 Å². The third-order valence-electron chi connectivity index (χ3n) is 3.30. The molecule has 0 heterocycles. The summed E-state index contributed by atoms with van der Waals surface area (Å²) in [6.07, 6.45) is 2.54. The van der Waals surface area contributed by atoms with Gasteiger partial charge in [0.1, 0.15) is 11.4 Å². The Morgan fingerprint density at radius 2 is 1.44 bits per heavy atom. The maximum Gasteiger partial charge on any atom is 0.310 e. The summed E-state index contributed by atoms with van der Waals surface area (Å²) in [6, 6.07) is 0. The SMILES string of the molecule is CC(C)(C)OC(=O)C1CCC[C@@H]1C(=O)C(C)(C)C. The van der Waals surface area contributed by atoms with E-state index in [0.29, 0.717) is 0 Å². The largest absolute Gasteiger partial charge is 0.460 e. The molecule has 0 radical (unpaired) electrons. The molecule has 0 saturated heterocycles. The summed E-state index contributed by atoms with van der Waals surface area (Å²) >= 11 is 0. The van der Waals surface area contributed by atoms with Gasteiger partial charge in [-0.25, -0.2) is 0 Å². The maximum absolute atomic E-state index is 12.3. The average Bonchev–Trinajstić information content (AvgIpc) is 2.60. The summed E-state index contributed by atoms with van der Waals surface area (Å²) < 4.78 is 5.42. The van der Waals surface area contributed by atoms with Gasteiger partial charge >= 0.3 is 5.97 Å². The molecule has 0 aliphatic heterocycles. The van der Waals surface area contributed by atoms with Gasteiger partial charge in [-0.3, -0.25) is 9.59 Å². The molecular weight excluding hydrogens is 228 g/mol. The Morgan fingerprint density at radius 3 is 1.89 bits per heavy atom. The van der Waals surface area contributed by atoms with E-state index in [9.17, 15) is 9.59 Å². The molecule has 0 bridgehead atoms. The predicted molar refractivity (Wildman–Crippen MR) is 71.1 cm³/mol. The summed E-state index contributed by atoms with van der Waals surface area (Å²) in [4.78, 5) is 24.5. The monoisotopic (exact) mass is 254 g/mol. The first kappa shape index (κ1) is 15.2. The normalized spacial score (nSPS) is 25.0. The molecule has 2 atom stereocenters. The average molecular weight is 254 g/mol. The van der Waals surface area contributed by atoms with Crippen molar-refractivity contribution >= 4 is 11.8 Å². The maximum atomic E-state index is 12.3. The van der Waals surface area contributed by atoms with Crippen LogP contribution in [0.3, 0.4) is 0 Å². The highest BCUT2D eigenvalue weighted by Crippen LogP contribution is 2.38. The van der Waals surface area contributed by atoms with E-state index < -0.39 is 5.60 Å². The van der Waals surface area contributed by atoms with Crippen LogP contribution in [0.2, 0.25) is 0 Å². The van der Waals surface area contributed by atoms with E-state index in [2.05, 4.69) is 0 Å². The summed E-state index contributed by atoms with van der Waals surface area (Å²) in [5, 5.41) is 0. The van der Waals surface area contributed by atoms with Gasteiger partial charge in [0.15, 0.2) is 0 Å². The van der Waals surface area contributed by atoms with Gasteiger partial charge in [-0.1, -0.05) is 27.2 Å². The molecule has 0 aromatic heterocycles. The topological polar surface area (TPSA) is 43.4 Å². The second-order valence-corrected chi connectivity index (χ2v) is 7.29. The molecule has 1 saturated carbocycles. The number of ketones is 1. The molecule has 1 unspecified atom stereocenters. The highest BCUT2D eigenvalue weighted by molar-refractivity contribution is 5.90. The van der Waals surface area contributed by atoms with Gasteiger partial charge in [-0.2, -0.15) is 0 Å². The second kappa shape index (κ2) is 5.02. The van der Waals surface area contributed by atoms with E-state index in [0.717, 1.165) is 19.3 Å². The summed E-state index contributed by atoms with van der Waals surface area (Å²) in [5.74, 6) is -0.408. The van der Waals surface area contributed by atoms with Crippen LogP contribution in [0.5, 0.6) is 0 Å². The van der Waals surface area contributed by atoms with Crippen LogP contribution in [0.25, 0.3) is 0 Å². The summed E-state index contributed by atoms with van der Waals surface area (Å²) in [7, 11) is 0. The quantitative estimate of drug-likeness (QED) is 0.710. The molecule has 104 valence electrons. The van der Waals surface area contributed by atoms with Crippen LogP contribution >= 0.6 is 0 Å². The molecule has 0 amide bonds. The van der Waals surface area contributed by atoms with Crippen LogP contribution in [0.1, 0.15) is 60.8 Å². The number of Topliss-reactive ketones (excluding diaryl/α,β-unsaturated/α-hetero) is 1. The lowest BCUT2D eigenvalue weighted by atomic mass is 9.78. The van der Waals surface area contributed by atoms with Gasteiger partial charge in [0.05, 0.1) is 5.92 Å². The number of carbonyl (C=O) groups excluding carboxylic acids is 2. The van der Waals surface area contributed by atoms with Gasteiger partial charge in [0.2, 0.25) is 0 Å². The standard InChI is InChI=1S/C15H26O3/c1-14(2,3)12(16)10-8-7-9-11(10)13(17)18-15(4,5)6/h10-11H,7-9H2,1-6H3/t10-,11?/m0/s1. The first-order valence-electron chi connectivity index (χ1n) is 6.79. The van der Waals surface area contributed by atoms with Crippen molar-refractivity contribution < 1.29 is 14.3 Å². The number of carbonyl (C=O) groups is 2. The summed E-state index contributed by atoms with van der Waals surface area (Å²) in [6.45, 7) is 11.3. The molecule has 1 fully saturated rings. The minimum absolute atomic E-state index is 0.153. The molecule has 1 rings (SSSR count). The van der Waals surface area contributed by atoms with Crippen LogP contribution in [-0.2, 0) is 14.3 Å². The van der Waals surface area contributed by atoms with E-state index in [1.54, 1.807) is 0 Å². The van der Waals surface area contributed by atoms with Gasteiger partial charge in [-0.15, -0.1) is 0 Å². The number of hydrogen-bond acceptors (Lipinski definition) is 3. The number of esters is 1. The van der Waals surface area contributed by atoms with Crippen molar-refractivity contribution in [3.63, 3.8) is 0 Å². The van der Waals surface area contributed by atoms with Crippen molar-refractivity contribution in [1.82, 2.24) is 0 Å². The van der Waals surface area contributed by atoms with Crippen molar-refractivity contribution in [3.8, 4) is 0 Å². The third kappa shape index (κ3) is 3.82. The smallest absolute Gasteiger partial charge is 0.310 e. The van der Waals surface area contributed by atoms with Crippen molar-refractivity contribution in [2.24, 2.45) is 17.3 Å². The first-order chi connectivity index (χ1) is 8.02. The van der Waals surface area contributed by atoms with Crippen molar-refractivity contribution in [3.05, 3.63) is 0 Å². The van der Waals surface area contributed by atoms with Crippen molar-refractivity contribution in [2.45, 2.75) is 66.4 Å². The van der Waals surface area contributed by atoms with Gasteiger partial charge < -0.3 is 4.74 Å². The fourth-order valence-corrected chi connectivity index (χ4v) is 2.49. The fraction of sp³-hybridized carbons (Fsp3) is 0.867. The Bertz CT molecular complexity index is 331. The zero-order valence-corrected chi connectivity index (χ0v) is 12.5. The highest BCUT2D eigenvalue weighted by atomic mass is 16.6. The van der Waals surface area contributed by atoms with Gasteiger partial charge in [0.25, 0.3) is 0 Å². The van der Waals surface area contributed by atoms with Crippen LogP contribution in [0.4, 0.5) is 0 Å². The molecule has 0 spiro atoms. The minimum atomic E-state index is -0.477. The molecule has 3 nitrogen and oxygen atoms in total. The molecule has 1 aliphatic rings. The summed E-state index contributed by atoms with van der Waals surface area (Å²) in [5.41, 5.74) is -0.857. The molecule has 18 heavy (non-hydrogen) atoms. The van der Waals surface area contributed by atoms with Crippen LogP contribution < -0.4 is 0 Å². The van der Waals surface area contributed by atoms with Gasteiger partial charge in [-0.05, 0) is 33.6 Å². The first-order valence-corrected chi connectivity index (χ1v) is 6.79. The fourth-order valence-electron chi connectivity index (χ4n) is 2.49. The van der Waals surface area contributed by atoms with Gasteiger partial charge in [0, 0.05) is 11.3 Å². The van der Waals surface area contributed by atoms with Crippen LogP contribution in [0.15, 0.2) is 0 Å². The second-order valence-electron chi connectivity index (χ2n) is 7.29. The van der Waals surface area contributed by atoms with Crippen LogP contribution in [0, 0.1) is 17.3 Å². The third-order valence-corrected chi connectivity index (χ3v) is 3.30. The molecule has 3 heteroatoms. The van der Waals surface area contributed by atoms with E-state index in [1.807, 2.05) is 41.5 Å². The Morgan fingerprint density at radius 1 is 0.944 bits per heavy atom. The lowest BCUT2D eigenvalue weighted by Crippen LogP contribution is -2.36. The van der Waals surface area contributed by atoms with Crippen molar-refractivity contribution in [1.29, 1.82) is 0 Å². The Hall–Kier alpha value is -0.860. The highest BCUT2D eigenvalue weighted by Gasteiger charge is 2.43. The molecular formula is C15H26O3. The lowest BCUT2D eigenvalue weighted by molar-refractivity contribution is -0.163. The molecule has 0 N–H and O–H groups in total. The molecule has 0 aromatic carbocycles. The number of hydrogen-bond donors (Lipinski definition) is 0. The Balaban J connectivity index is 2.77. The minimum Gasteiger partial charge on any atom is -0.460 e. The zero-order chi connectivity index (χ0) is 14.1. The van der Waals surface area contributed by atoms with E-state index in [1.165, 1.54) is 0 Å². The number of rotatable bonds is 2. The molecule has 1 aliphatic carbocycles.